The number of hydrogen-bond donors (Lipinski definition) is 1. The molecule has 2 atom stereocenters. The molecule has 0 aliphatic heterocycles. The molecule has 0 heterocycles. The van der Waals surface area contributed by atoms with E-state index in [1.54, 1.807) is 20.3 Å². The highest BCUT2D eigenvalue weighted by Crippen LogP contribution is 2.27. The Morgan fingerprint density at radius 3 is 2.19 bits per heavy atom. The lowest BCUT2D eigenvalue weighted by molar-refractivity contribution is -0.138. The largest absolute Gasteiger partial charge is 0.497 e. The average Bonchev–Trinajstić information content (AvgIpc) is 2.66. The van der Waals surface area contributed by atoms with Crippen LogP contribution in [0.1, 0.15) is 30.9 Å². The molecule has 27 heavy (non-hydrogen) atoms. The third-order valence-electron chi connectivity index (χ3n) is 4.44. The Bertz CT molecular complexity index is 692. The number of benzene rings is 2. The van der Waals surface area contributed by atoms with Crippen LogP contribution in [0.25, 0.3) is 0 Å². The van der Waals surface area contributed by atoms with Crippen LogP contribution in [0.4, 0.5) is 0 Å². The summed E-state index contributed by atoms with van der Waals surface area (Å²) in [4.78, 5) is 11.3. The molecule has 0 aliphatic carbocycles. The van der Waals surface area contributed by atoms with Gasteiger partial charge >= 0.3 is 5.97 Å². The van der Waals surface area contributed by atoms with Crippen LogP contribution in [0.3, 0.4) is 0 Å². The fourth-order valence-corrected chi connectivity index (χ4v) is 3.15. The van der Waals surface area contributed by atoms with Gasteiger partial charge in [0.05, 0.1) is 26.9 Å². The van der Waals surface area contributed by atoms with Crippen molar-refractivity contribution in [3.05, 3.63) is 59.7 Å². The molecular weight excluding hydrogens is 344 g/mol. The first-order valence-corrected chi connectivity index (χ1v) is 9.09. The van der Waals surface area contributed by atoms with E-state index in [9.17, 15) is 9.90 Å². The summed E-state index contributed by atoms with van der Waals surface area (Å²) in [6.45, 7) is 2.51. The lowest BCUT2D eigenvalue weighted by atomic mass is 9.91. The van der Waals surface area contributed by atoms with Gasteiger partial charge in [-0.2, -0.15) is 0 Å². The second kappa shape index (κ2) is 10.6. The zero-order valence-corrected chi connectivity index (χ0v) is 16.2. The summed E-state index contributed by atoms with van der Waals surface area (Å²) in [6.07, 6.45) is 1.35. The van der Waals surface area contributed by atoms with Gasteiger partial charge in [0, 0.05) is 12.5 Å². The van der Waals surface area contributed by atoms with Crippen molar-refractivity contribution < 1.29 is 24.1 Å². The first-order valence-electron chi connectivity index (χ1n) is 9.09. The van der Waals surface area contributed by atoms with E-state index in [2.05, 4.69) is 0 Å². The van der Waals surface area contributed by atoms with Gasteiger partial charge in [-0.15, -0.1) is 0 Å². The van der Waals surface area contributed by atoms with Crippen molar-refractivity contribution in [2.75, 3.05) is 14.2 Å². The van der Waals surface area contributed by atoms with Gasteiger partial charge in [0.1, 0.15) is 11.5 Å². The molecule has 1 N–H and O–H groups in total. The Balaban J connectivity index is 2.00. The summed E-state index contributed by atoms with van der Waals surface area (Å²) in [5, 5.41) is 9.29. The van der Waals surface area contributed by atoms with Crippen LogP contribution in [0, 0.1) is 5.92 Å². The molecule has 2 rings (SSSR count). The lowest BCUT2D eigenvalue weighted by Crippen LogP contribution is -2.19. The van der Waals surface area contributed by atoms with E-state index in [-0.39, 0.29) is 18.4 Å². The van der Waals surface area contributed by atoms with Gasteiger partial charge in [-0.3, -0.25) is 4.79 Å². The van der Waals surface area contributed by atoms with Gasteiger partial charge in [-0.05, 0) is 48.9 Å². The molecular formula is C22H28O5. The molecule has 5 heteroatoms. The van der Waals surface area contributed by atoms with Crippen molar-refractivity contribution in [2.24, 2.45) is 5.92 Å². The maximum atomic E-state index is 11.3. The molecule has 5 nitrogen and oxygen atoms in total. The van der Waals surface area contributed by atoms with Gasteiger partial charge in [-0.1, -0.05) is 30.3 Å². The summed E-state index contributed by atoms with van der Waals surface area (Å²) in [7, 11) is 3.21. The standard InChI is InChI=1S/C22H28O5/c1-16(27-15-17-7-5-4-6-8-17)9-18(13-22(23)24)10-19-11-20(25-2)14-21(12-19)26-3/h4-8,11-12,14,16,18H,9-10,13,15H2,1-3H3,(H,23,24)/t16-,18-/m0/s1. The number of carboxylic acids is 1. The number of carboxylic acid groups (broad SMARTS) is 1. The summed E-state index contributed by atoms with van der Waals surface area (Å²) in [5.74, 6) is 0.564. The minimum atomic E-state index is -0.801. The topological polar surface area (TPSA) is 65.0 Å². The van der Waals surface area contributed by atoms with E-state index in [4.69, 9.17) is 14.2 Å². The highest BCUT2D eigenvalue weighted by Gasteiger charge is 2.19. The lowest BCUT2D eigenvalue weighted by Gasteiger charge is -2.21. The van der Waals surface area contributed by atoms with E-state index < -0.39 is 5.97 Å². The fourth-order valence-electron chi connectivity index (χ4n) is 3.15. The van der Waals surface area contributed by atoms with Gasteiger partial charge in [-0.25, -0.2) is 0 Å². The third kappa shape index (κ3) is 7.31. The normalized spacial score (nSPS) is 13.0. The molecule has 0 aromatic heterocycles. The molecule has 0 unspecified atom stereocenters. The predicted octanol–water partition coefficient (Wildman–Crippen LogP) is 4.33. The molecule has 0 fully saturated rings. The van der Waals surface area contributed by atoms with Crippen molar-refractivity contribution >= 4 is 5.97 Å². The summed E-state index contributed by atoms with van der Waals surface area (Å²) >= 11 is 0. The molecule has 0 saturated carbocycles. The quantitative estimate of drug-likeness (QED) is 0.636. The molecule has 0 radical (unpaired) electrons. The van der Waals surface area contributed by atoms with Crippen LogP contribution in [-0.2, 0) is 22.6 Å². The molecule has 0 aliphatic rings. The van der Waals surface area contributed by atoms with Gasteiger partial charge in [0.15, 0.2) is 0 Å². The highest BCUT2D eigenvalue weighted by atomic mass is 16.5. The van der Waals surface area contributed by atoms with Gasteiger partial charge in [0.2, 0.25) is 0 Å². The van der Waals surface area contributed by atoms with Crippen molar-refractivity contribution in [2.45, 2.75) is 38.9 Å². The van der Waals surface area contributed by atoms with Crippen molar-refractivity contribution in [1.29, 1.82) is 0 Å². The minimum absolute atomic E-state index is 0.0370. The molecule has 2 aromatic carbocycles. The number of aliphatic carboxylic acids is 1. The van der Waals surface area contributed by atoms with Crippen molar-refractivity contribution in [3.63, 3.8) is 0 Å². The van der Waals surface area contributed by atoms with Crippen LogP contribution >= 0.6 is 0 Å². The summed E-state index contributed by atoms with van der Waals surface area (Å²) in [5.41, 5.74) is 2.10. The predicted molar refractivity (Wildman–Crippen MR) is 104 cm³/mol. The Kier molecular flexibility index (Phi) is 8.14. The Hall–Kier alpha value is -2.53. The summed E-state index contributed by atoms with van der Waals surface area (Å²) < 4.78 is 16.5. The smallest absolute Gasteiger partial charge is 0.303 e. The monoisotopic (exact) mass is 372 g/mol. The molecule has 0 spiro atoms. The molecule has 0 bridgehead atoms. The Labute approximate surface area is 160 Å². The number of rotatable bonds is 11. The zero-order chi connectivity index (χ0) is 19.6. The van der Waals surface area contributed by atoms with E-state index in [1.165, 1.54) is 0 Å². The van der Waals surface area contributed by atoms with Crippen LogP contribution in [0.5, 0.6) is 11.5 Å². The van der Waals surface area contributed by atoms with Crippen LogP contribution in [0.2, 0.25) is 0 Å². The van der Waals surface area contributed by atoms with Crippen LogP contribution < -0.4 is 9.47 Å². The SMILES string of the molecule is COc1cc(C[C@@H](CC(=O)O)C[C@H](C)OCc2ccccc2)cc(OC)c1. The molecule has 2 aromatic rings. The zero-order valence-electron chi connectivity index (χ0n) is 16.2. The molecule has 146 valence electrons. The van der Waals surface area contributed by atoms with Gasteiger partial charge in [0.25, 0.3) is 0 Å². The third-order valence-corrected chi connectivity index (χ3v) is 4.44. The maximum absolute atomic E-state index is 11.3. The van der Waals surface area contributed by atoms with Crippen molar-refractivity contribution in [3.8, 4) is 11.5 Å². The molecule has 0 amide bonds. The highest BCUT2D eigenvalue weighted by molar-refractivity contribution is 5.67. The maximum Gasteiger partial charge on any atom is 0.303 e. The Morgan fingerprint density at radius 2 is 1.63 bits per heavy atom. The van der Waals surface area contributed by atoms with E-state index >= 15 is 0 Å². The van der Waals surface area contributed by atoms with E-state index in [0.717, 1.165) is 11.1 Å². The minimum Gasteiger partial charge on any atom is -0.497 e. The second-order valence-electron chi connectivity index (χ2n) is 6.73. The van der Waals surface area contributed by atoms with E-state index in [1.807, 2.05) is 49.4 Å². The Morgan fingerprint density at radius 1 is 1.00 bits per heavy atom. The average molecular weight is 372 g/mol. The summed E-state index contributed by atoms with van der Waals surface area (Å²) in [6, 6.07) is 15.6. The molecule has 0 saturated heterocycles. The first-order chi connectivity index (χ1) is 13.0. The van der Waals surface area contributed by atoms with E-state index in [0.29, 0.717) is 30.9 Å². The fraction of sp³-hybridized carbons (Fsp3) is 0.409. The first kappa shape index (κ1) is 20.8. The van der Waals surface area contributed by atoms with Gasteiger partial charge < -0.3 is 19.3 Å². The van der Waals surface area contributed by atoms with Crippen molar-refractivity contribution in [1.82, 2.24) is 0 Å². The number of ether oxygens (including phenoxy) is 3. The number of carbonyl (C=O) groups is 1. The number of methoxy groups -OCH3 is 2. The number of hydrogen-bond acceptors (Lipinski definition) is 4. The second-order valence-corrected chi connectivity index (χ2v) is 6.73. The van der Waals surface area contributed by atoms with Crippen LogP contribution in [-0.4, -0.2) is 31.4 Å². The van der Waals surface area contributed by atoms with Crippen LogP contribution in [0.15, 0.2) is 48.5 Å².